The first-order valence-corrected chi connectivity index (χ1v) is 9.44. The molecule has 0 fully saturated rings. The van der Waals surface area contributed by atoms with Crippen molar-refractivity contribution < 1.29 is 14.3 Å². The Morgan fingerprint density at radius 3 is 2.53 bits per heavy atom. The number of nitrogens with zero attached hydrogens (tertiary/aromatic N) is 3. The van der Waals surface area contributed by atoms with Gasteiger partial charge in [0.05, 0.1) is 29.2 Å². The third-order valence-corrected chi connectivity index (χ3v) is 4.86. The number of pyridine rings is 1. The SMILES string of the molecule is C[C@H](NC(=O)c1cc(-c2ccc(CF)cc2)nn(-c2cccnc2)c1=O)C(C)(C)O. The van der Waals surface area contributed by atoms with E-state index in [0.29, 0.717) is 22.5 Å². The van der Waals surface area contributed by atoms with Gasteiger partial charge in [-0.1, -0.05) is 24.3 Å². The molecule has 2 heterocycles. The third-order valence-electron chi connectivity index (χ3n) is 4.86. The van der Waals surface area contributed by atoms with E-state index in [1.54, 1.807) is 63.4 Å². The molecule has 0 saturated carbocycles. The van der Waals surface area contributed by atoms with Gasteiger partial charge in [0.15, 0.2) is 0 Å². The van der Waals surface area contributed by atoms with Crippen LogP contribution in [0, 0.1) is 0 Å². The van der Waals surface area contributed by atoms with Crippen LogP contribution in [0.5, 0.6) is 0 Å². The van der Waals surface area contributed by atoms with Crippen LogP contribution in [0.4, 0.5) is 4.39 Å². The summed E-state index contributed by atoms with van der Waals surface area (Å²) in [7, 11) is 0. The van der Waals surface area contributed by atoms with Crippen molar-refractivity contribution in [3.8, 4) is 16.9 Å². The maximum atomic E-state index is 13.0. The fourth-order valence-corrected chi connectivity index (χ4v) is 2.67. The van der Waals surface area contributed by atoms with Gasteiger partial charge in [0.2, 0.25) is 0 Å². The second-order valence-electron chi connectivity index (χ2n) is 7.55. The van der Waals surface area contributed by atoms with Gasteiger partial charge in [-0.3, -0.25) is 14.6 Å². The van der Waals surface area contributed by atoms with E-state index in [1.807, 2.05) is 0 Å². The van der Waals surface area contributed by atoms with Crippen molar-refractivity contribution in [2.45, 2.75) is 39.1 Å². The fraction of sp³-hybridized carbons (Fsp3) is 0.273. The molecule has 0 aliphatic carbocycles. The highest BCUT2D eigenvalue weighted by Gasteiger charge is 2.26. The fourth-order valence-electron chi connectivity index (χ4n) is 2.67. The van der Waals surface area contributed by atoms with E-state index >= 15 is 0 Å². The Morgan fingerprint density at radius 1 is 1.27 bits per heavy atom. The number of hydrogen-bond donors (Lipinski definition) is 2. The van der Waals surface area contributed by atoms with E-state index in [9.17, 15) is 19.1 Å². The molecule has 156 valence electrons. The molecule has 0 aliphatic rings. The van der Waals surface area contributed by atoms with Gasteiger partial charge < -0.3 is 10.4 Å². The van der Waals surface area contributed by atoms with Crippen LogP contribution in [0.1, 0.15) is 36.7 Å². The zero-order valence-corrected chi connectivity index (χ0v) is 17.0. The first-order chi connectivity index (χ1) is 14.2. The molecule has 0 spiro atoms. The van der Waals surface area contributed by atoms with Gasteiger partial charge in [-0.05, 0) is 44.5 Å². The van der Waals surface area contributed by atoms with Crippen molar-refractivity contribution >= 4 is 5.91 Å². The first kappa shape index (κ1) is 21.3. The second kappa shape index (κ2) is 8.54. The van der Waals surface area contributed by atoms with Crippen LogP contribution in [0.3, 0.4) is 0 Å². The standard InChI is InChI=1S/C22H23FN4O3/c1-14(22(2,3)30)25-20(28)18-11-19(16-8-6-15(12-23)7-9-16)26-27(21(18)29)17-5-4-10-24-13-17/h4-11,13-14,30H,12H2,1-3H3,(H,25,28)/t14-/m0/s1. The molecular weight excluding hydrogens is 387 g/mol. The number of alkyl halides is 1. The van der Waals surface area contributed by atoms with Crippen LogP contribution in [-0.2, 0) is 6.67 Å². The summed E-state index contributed by atoms with van der Waals surface area (Å²) in [5.74, 6) is -0.628. The zero-order chi connectivity index (χ0) is 21.9. The lowest BCUT2D eigenvalue weighted by Gasteiger charge is -2.26. The zero-order valence-electron chi connectivity index (χ0n) is 17.0. The Balaban J connectivity index is 2.13. The molecular formula is C22H23FN4O3. The van der Waals surface area contributed by atoms with Gasteiger partial charge in [-0.15, -0.1) is 0 Å². The molecule has 2 aromatic heterocycles. The van der Waals surface area contributed by atoms with Crippen molar-refractivity contribution in [2.75, 3.05) is 0 Å². The topological polar surface area (TPSA) is 97.1 Å². The highest BCUT2D eigenvalue weighted by atomic mass is 19.1. The number of hydrogen-bond acceptors (Lipinski definition) is 5. The summed E-state index contributed by atoms with van der Waals surface area (Å²) in [6.07, 6.45) is 3.03. The van der Waals surface area contributed by atoms with Gasteiger partial charge in [0.1, 0.15) is 12.2 Å². The smallest absolute Gasteiger partial charge is 0.284 e. The van der Waals surface area contributed by atoms with Crippen LogP contribution in [-0.4, -0.2) is 37.4 Å². The summed E-state index contributed by atoms with van der Waals surface area (Å²) in [5, 5.41) is 17.2. The molecule has 1 aromatic carbocycles. The van der Waals surface area contributed by atoms with Crippen molar-refractivity contribution in [3.05, 3.63) is 76.3 Å². The lowest BCUT2D eigenvalue weighted by Crippen LogP contribution is -2.48. The highest BCUT2D eigenvalue weighted by molar-refractivity contribution is 5.95. The Labute approximate surface area is 173 Å². The van der Waals surface area contributed by atoms with Crippen LogP contribution in [0.15, 0.2) is 59.7 Å². The molecule has 3 aromatic rings. The number of aliphatic hydroxyl groups is 1. The molecule has 0 radical (unpaired) electrons. The summed E-state index contributed by atoms with van der Waals surface area (Å²) in [6.45, 7) is 4.19. The molecule has 0 saturated heterocycles. The summed E-state index contributed by atoms with van der Waals surface area (Å²) in [4.78, 5) is 29.9. The van der Waals surface area contributed by atoms with Gasteiger partial charge in [0, 0.05) is 11.8 Å². The first-order valence-electron chi connectivity index (χ1n) is 9.44. The molecule has 1 amide bonds. The summed E-state index contributed by atoms with van der Waals surface area (Å²) < 4.78 is 14.0. The number of amides is 1. The van der Waals surface area contributed by atoms with Crippen LogP contribution in [0.25, 0.3) is 16.9 Å². The minimum absolute atomic E-state index is 0.130. The van der Waals surface area contributed by atoms with Gasteiger partial charge in [-0.25, -0.2) is 4.39 Å². The Morgan fingerprint density at radius 2 is 1.97 bits per heavy atom. The average Bonchev–Trinajstić information content (AvgIpc) is 2.74. The Hall–Kier alpha value is -3.39. The number of benzene rings is 1. The molecule has 7 nitrogen and oxygen atoms in total. The van der Waals surface area contributed by atoms with E-state index in [2.05, 4.69) is 15.4 Å². The van der Waals surface area contributed by atoms with Crippen LogP contribution < -0.4 is 10.9 Å². The lowest BCUT2D eigenvalue weighted by atomic mass is 10.0. The van der Waals surface area contributed by atoms with Crippen molar-refractivity contribution in [1.82, 2.24) is 20.1 Å². The summed E-state index contributed by atoms with van der Waals surface area (Å²) in [5.41, 5.74) is -0.0251. The van der Waals surface area contributed by atoms with E-state index in [4.69, 9.17) is 0 Å². The number of carbonyl (C=O) groups is 1. The maximum absolute atomic E-state index is 13.0. The molecule has 30 heavy (non-hydrogen) atoms. The molecule has 0 bridgehead atoms. The van der Waals surface area contributed by atoms with Gasteiger partial charge >= 0.3 is 0 Å². The predicted octanol–water partition coefficient (Wildman–Crippen LogP) is 2.65. The van der Waals surface area contributed by atoms with Crippen LogP contribution in [0.2, 0.25) is 0 Å². The number of rotatable bonds is 6. The number of halogens is 1. The van der Waals surface area contributed by atoms with Crippen molar-refractivity contribution in [2.24, 2.45) is 0 Å². The lowest BCUT2D eigenvalue weighted by molar-refractivity contribution is 0.0408. The van der Waals surface area contributed by atoms with Gasteiger partial charge in [-0.2, -0.15) is 9.78 Å². The molecule has 2 N–H and O–H groups in total. The summed E-state index contributed by atoms with van der Waals surface area (Å²) in [6, 6.07) is 10.7. The largest absolute Gasteiger partial charge is 0.388 e. The molecule has 8 heteroatoms. The van der Waals surface area contributed by atoms with E-state index < -0.39 is 29.8 Å². The molecule has 1 atom stereocenters. The van der Waals surface area contributed by atoms with E-state index in [-0.39, 0.29) is 5.56 Å². The quantitative estimate of drug-likeness (QED) is 0.651. The van der Waals surface area contributed by atoms with E-state index in [1.165, 1.54) is 12.3 Å². The number of aromatic nitrogens is 3. The van der Waals surface area contributed by atoms with Crippen molar-refractivity contribution in [1.29, 1.82) is 0 Å². The molecule has 3 rings (SSSR count). The monoisotopic (exact) mass is 410 g/mol. The number of nitrogens with one attached hydrogen (secondary N) is 1. The Kier molecular flexibility index (Phi) is 6.07. The number of carbonyl (C=O) groups excluding carboxylic acids is 1. The second-order valence-corrected chi connectivity index (χ2v) is 7.55. The van der Waals surface area contributed by atoms with Crippen molar-refractivity contribution in [3.63, 3.8) is 0 Å². The van der Waals surface area contributed by atoms with Crippen LogP contribution >= 0.6 is 0 Å². The Bertz CT molecular complexity index is 1090. The molecule has 0 aliphatic heterocycles. The normalized spacial score (nSPS) is 12.4. The predicted molar refractivity (Wildman–Crippen MR) is 111 cm³/mol. The maximum Gasteiger partial charge on any atom is 0.284 e. The summed E-state index contributed by atoms with van der Waals surface area (Å²) >= 11 is 0. The molecule has 0 unspecified atom stereocenters. The third kappa shape index (κ3) is 4.60. The minimum atomic E-state index is -1.17. The minimum Gasteiger partial charge on any atom is -0.388 e. The van der Waals surface area contributed by atoms with E-state index in [0.717, 1.165) is 4.68 Å². The van der Waals surface area contributed by atoms with Gasteiger partial charge in [0.25, 0.3) is 11.5 Å². The highest BCUT2D eigenvalue weighted by Crippen LogP contribution is 2.19. The average molecular weight is 410 g/mol.